The van der Waals surface area contributed by atoms with Crippen LogP contribution in [-0.2, 0) is 4.79 Å². The topological polar surface area (TPSA) is 63.3 Å². The maximum atomic E-state index is 9.90. The second-order valence-corrected chi connectivity index (χ2v) is 3.18. The summed E-state index contributed by atoms with van der Waals surface area (Å²) in [6.45, 7) is 0. The van der Waals surface area contributed by atoms with Crippen LogP contribution in [-0.4, -0.2) is 21.4 Å². The molecule has 3 nitrogen and oxygen atoms in total. The Morgan fingerprint density at radius 2 is 2.25 bits per heavy atom. The van der Waals surface area contributed by atoms with Crippen molar-refractivity contribution in [1.82, 2.24) is 0 Å². The molecular formula is C3H5BrClNO2. The van der Waals surface area contributed by atoms with E-state index in [4.69, 9.17) is 22.4 Å². The molecule has 2 unspecified atom stereocenters. The van der Waals surface area contributed by atoms with Crippen molar-refractivity contribution in [2.45, 2.75) is 10.3 Å². The summed E-state index contributed by atoms with van der Waals surface area (Å²) < 4.78 is -0.694. The molecule has 0 aromatic heterocycles. The number of carboxylic acids is 1. The minimum Gasteiger partial charge on any atom is -0.480 e. The Kier molecular flexibility index (Phi) is 3.35. The van der Waals surface area contributed by atoms with Crippen molar-refractivity contribution in [2.24, 2.45) is 5.73 Å². The van der Waals surface area contributed by atoms with Crippen LogP contribution in [0.1, 0.15) is 0 Å². The highest BCUT2D eigenvalue weighted by Crippen LogP contribution is 2.07. The lowest BCUT2D eigenvalue weighted by atomic mass is 10.4. The fraction of sp³-hybridized carbons (Fsp3) is 0.667. The van der Waals surface area contributed by atoms with Crippen LogP contribution >= 0.6 is 27.5 Å². The zero-order chi connectivity index (χ0) is 6.73. The minimum atomic E-state index is -1.11. The van der Waals surface area contributed by atoms with Crippen molar-refractivity contribution >= 4 is 33.5 Å². The molecule has 0 aliphatic rings. The fourth-order valence-electron chi connectivity index (χ4n) is 0.108. The molecule has 0 heterocycles. The molecule has 0 spiro atoms. The van der Waals surface area contributed by atoms with E-state index >= 15 is 0 Å². The number of carboxylic acid groups (broad SMARTS) is 1. The first-order chi connectivity index (χ1) is 3.55. The summed E-state index contributed by atoms with van der Waals surface area (Å²) in [7, 11) is 0. The Hall–Kier alpha value is 0.200. The van der Waals surface area contributed by atoms with Crippen molar-refractivity contribution in [3.05, 3.63) is 0 Å². The quantitative estimate of drug-likeness (QED) is 0.636. The monoisotopic (exact) mass is 201 g/mol. The highest BCUT2D eigenvalue weighted by Gasteiger charge is 2.18. The van der Waals surface area contributed by atoms with Gasteiger partial charge in [-0.3, -0.25) is 4.79 Å². The molecule has 0 aromatic carbocycles. The second kappa shape index (κ2) is 3.27. The molecule has 48 valence electrons. The van der Waals surface area contributed by atoms with Gasteiger partial charge in [0, 0.05) is 0 Å². The molecular weight excluding hydrogens is 197 g/mol. The van der Waals surface area contributed by atoms with Gasteiger partial charge >= 0.3 is 5.97 Å². The van der Waals surface area contributed by atoms with Crippen LogP contribution in [0.3, 0.4) is 0 Å². The molecule has 0 bridgehead atoms. The van der Waals surface area contributed by atoms with E-state index < -0.39 is 16.3 Å². The van der Waals surface area contributed by atoms with Crippen molar-refractivity contribution in [1.29, 1.82) is 0 Å². The number of aliphatic carboxylic acids is 1. The molecule has 8 heavy (non-hydrogen) atoms. The summed E-state index contributed by atoms with van der Waals surface area (Å²) in [5.41, 5.74) is 4.98. The van der Waals surface area contributed by atoms with E-state index in [2.05, 4.69) is 15.9 Å². The molecule has 3 N–H and O–H groups in total. The maximum absolute atomic E-state index is 9.90. The van der Waals surface area contributed by atoms with Gasteiger partial charge in [-0.2, -0.15) is 0 Å². The van der Waals surface area contributed by atoms with Crippen molar-refractivity contribution in [3.8, 4) is 0 Å². The number of alkyl halides is 2. The highest BCUT2D eigenvalue weighted by atomic mass is 79.9. The molecule has 0 fully saturated rings. The Balaban J connectivity index is 3.64. The van der Waals surface area contributed by atoms with Crippen LogP contribution in [0.5, 0.6) is 0 Å². The van der Waals surface area contributed by atoms with Crippen LogP contribution in [0.25, 0.3) is 0 Å². The first-order valence-corrected chi connectivity index (χ1v) is 3.17. The predicted octanol–water partition coefficient (Wildman–Crippen LogP) is 0.358. The molecule has 0 aliphatic heterocycles. The number of rotatable bonds is 2. The van der Waals surface area contributed by atoms with E-state index in [1.165, 1.54) is 0 Å². The van der Waals surface area contributed by atoms with Crippen LogP contribution < -0.4 is 5.73 Å². The van der Waals surface area contributed by atoms with Crippen molar-refractivity contribution in [3.63, 3.8) is 0 Å². The summed E-state index contributed by atoms with van der Waals surface area (Å²) in [6.07, 6.45) is 0. The highest BCUT2D eigenvalue weighted by molar-refractivity contribution is 9.10. The molecule has 0 aromatic rings. The fourth-order valence-corrected chi connectivity index (χ4v) is 0.442. The molecule has 0 radical (unpaired) electrons. The lowest BCUT2D eigenvalue weighted by Crippen LogP contribution is -2.35. The van der Waals surface area contributed by atoms with E-state index in [1.807, 2.05) is 0 Å². The second-order valence-electron chi connectivity index (χ2n) is 1.20. The number of hydrogen-bond donors (Lipinski definition) is 2. The van der Waals surface area contributed by atoms with Crippen LogP contribution in [0, 0.1) is 0 Å². The maximum Gasteiger partial charge on any atom is 0.322 e. The molecule has 0 saturated heterocycles. The van der Waals surface area contributed by atoms with Crippen LogP contribution in [0.2, 0.25) is 0 Å². The minimum absolute atomic E-state index is 0.694. The smallest absolute Gasteiger partial charge is 0.322 e. The zero-order valence-corrected chi connectivity index (χ0v) is 6.19. The summed E-state index contributed by atoms with van der Waals surface area (Å²) >= 11 is 8.03. The predicted molar refractivity (Wildman–Crippen MR) is 34.2 cm³/mol. The summed E-state index contributed by atoms with van der Waals surface area (Å²) in [5, 5.41) is 8.11. The molecule has 0 aliphatic carbocycles. The number of nitrogens with two attached hydrogens (primary N) is 1. The van der Waals surface area contributed by atoms with E-state index in [9.17, 15) is 4.79 Å². The number of carbonyl (C=O) groups is 1. The third kappa shape index (κ3) is 2.49. The molecule has 0 rings (SSSR count). The van der Waals surface area contributed by atoms with E-state index in [0.717, 1.165) is 0 Å². The van der Waals surface area contributed by atoms with Crippen molar-refractivity contribution < 1.29 is 9.90 Å². The molecule has 5 heteroatoms. The van der Waals surface area contributed by atoms with Gasteiger partial charge in [-0.15, -0.1) is 11.6 Å². The number of hydrogen-bond acceptors (Lipinski definition) is 2. The average molecular weight is 202 g/mol. The normalized spacial score (nSPS) is 17.4. The van der Waals surface area contributed by atoms with Gasteiger partial charge in [0.1, 0.15) is 10.3 Å². The SMILES string of the molecule is NC(C(=O)O)C(Cl)Br. The third-order valence-electron chi connectivity index (χ3n) is 0.557. The average Bonchev–Trinajstić information content (AvgIpc) is 1.64. The van der Waals surface area contributed by atoms with Gasteiger partial charge in [0.15, 0.2) is 0 Å². The van der Waals surface area contributed by atoms with Gasteiger partial charge in [-0.05, 0) is 0 Å². The lowest BCUT2D eigenvalue weighted by Gasteiger charge is -2.04. The molecule has 2 atom stereocenters. The first-order valence-electron chi connectivity index (χ1n) is 1.82. The largest absolute Gasteiger partial charge is 0.480 e. The molecule has 0 saturated carbocycles. The summed E-state index contributed by atoms with van der Waals surface area (Å²) in [5.74, 6) is -1.11. The zero-order valence-electron chi connectivity index (χ0n) is 3.84. The molecule has 0 amide bonds. The van der Waals surface area contributed by atoms with Gasteiger partial charge < -0.3 is 10.8 Å². The standard InChI is InChI=1S/C3H5BrClNO2/c4-2(5)1(6)3(7)8/h1-2H,6H2,(H,7,8). The Labute approximate surface area is 59.9 Å². The van der Waals surface area contributed by atoms with Gasteiger partial charge in [-0.1, -0.05) is 15.9 Å². The number of halogens is 2. The van der Waals surface area contributed by atoms with Gasteiger partial charge in [0.25, 0.3) is 0 Å². The third-order valence-corrected chi connectivity index (χ3v) is 1.40. The van der Waals surface area contributed by atoms with E-state index in [1.54, 1.807) is 0 Å². The van der Waals surface area contributed by atoms with Crippen LogP contribution in [0.4, 0.5) is 0 Å². The van der Waals surface area contributed by atoms with Crippen molar-refractivity contribution in [2.75, 3.05) is 0 Å². The van der Waals surface area contributed by atoms with E-state index in [0.29, 0.717) is 0 Å². The Bertz CT molecular complexity index is 97.3. The Morgan fingerprint density at radius 3 is 2.25 bits per heavy atom. The lowest BCUT2D eigenvalue weighted by molar-refractivity contribution is -0.138. The van der Waals surface area contributed by atoms with Gasteiger partial charge in [0.05, 0.1) is 0 Å². The summed E-state index contributed by atoms with van der Waals surface area (Å²) in [6, 6.07) is -1.03. The van der Waals surface area contributed by atoms with Crippen LogP contribution in [0.15, 0.2) is 0 Å². The Morgan fingerprint density at radius 1 is 1.88 bits per heavy atom. The van der Waals surface area contributed by atoms with Gasteiger partial charge in [-0.25, -0.2) is 0 Å². The van der Waals surface area contributed by atoms with Gasteiger partial charge in [0.2, 0.25) is 0 Å². The van der Waals surface area contributed by atoms with E-state index in [-0.39, 0.29) is 0 Å². The summed E-state index contributed by atoms with van der Waals surface area (Å²) in [4.78, 5) is 9.90. The first kappa shape index (κ1) is 8.20.